The lowest BCUT2D eigenvalue weighted by Crippen LogP contribution is -2.24. The van der Waals surface area contributed by atoms with Crippen molar-refractivity contribution in [2.24, 2.45) is 0 Å². The van der Waals surface area contributed by atoms with E-state index in [0.717, 1.165) is 23.6 Å². The topological polar surface area (TPSA) is 38.8 Å². The molecule has 0 saturated carbocycles. The number of hydrogen-bond acceptors (Lipinski definition) is 3. The summed E-state index contributed by atoms with van der Waals surface area (Å²) < 4.78 is 10.7. The van der Waals surface area contributed by atoms with Crippen LogP contribution in [0.25, 0.3) is 0 Å². The molecule has 2 aliphatic heterocycles. The third-order valence-corrected chi connectivity index (χ3v) is 3.62. The summed E-state index contributed by atoms with van der Waals surface area (Å²) in [5.74, 6) is 1.73. The largest absolute Gasteiger partial charge is 0.454 e. The van der Waals surface area contributed by atoms with Crippen molar-refractivity contribution in [2.75, 3.05) is 13.3 Å². The van der Waals surface area contributed by atoms with E-state index in [0.29, 0.717) is 13.0 Å². The maximum atomic E-state index is 11.7. The van der Waals surface area contributed by atoms with E-state index in [1.807, 2.05) is 23.1 Å². The van der Waals surface area contributed by atoms with Crippen LogP contribution in [0.2, 0.25) is 0 Å². The number of fused-ring (bicyclic) bond motifs is 1. The minimum absolute atomic E-state index is 0.184. The molecule has 0 N–H and O–H groups in total. The van der Waals surface area contributed by atoms with Crippen molar-refractivity contribution in [3.05, 3.63) is 23.8 Å². The molecule has 1 fully saturated rings. The molecule has 1 unspecified atom stereocenters. The lowest BCUT2D eigenvalue weighted by atomic mass is 10.2. The molecule has 1 amide bonds. The second-order valence-electron chi connectivity index (χ2n) is 4.23. The smallest absolute Gasteiger partial charge is 0.231 e. The summed E-state index contributed by atoms with van der Waals surface area (Å²) >= 11 is 3.48. The fourth-order valence-electron chi connectivity index (χ4n) is 2.20. The van der Waals surface area contributed by atoms with Crippen molar-refractivity contribution in [1.82, 2.24) is 4.90 Å². The number of ether oxygens (including phenoxy) is 2. The fourth-order valence-corrected chi connectivity index (χ4v) is 2.82. The minimum Gasteiger partial charge on any atom is -0.454 e. The highest BCUT2D eigenvalue weighted by Gasteiger charge is 2.29. The molecule has 2 aliphatic rings. The Morgan fingerprint density at radius 3 is 3.06 bits per heavy atom. The van der Waals surface area contributed by atoms with E-state index in [-0.39, 0.29) is 17.5 Å². The van der Waals surface area contributed by atoms with E-state index < -0.39 is 0 Å². The Hall–Kier alpha value is -1.23. The van der Waals surface area contributed by atoms with Crippen LogP contribution in [0, 0.1) is 0 Å². The second-order valence-corrected chi connectivity index (χ2v) is 5.52. The average Bonchev–Trinajstić information content (AvgIpc) is 2.87. The van der Waals surface area contributed by atoms with Crippen LogP contribution in [0.1, 0.15) is 12.0 Å². The van der Waals surface area contributed by atoms with Crippen molar-refractivity contribution in [3.8, 4) is 11.5 Å². The molecule has 4 nitrogen and oxygen atoms in total. The third kappa shape index (κ3) is 1.99. The molecule has 1 atom stereocenters. The van der Waals surface area contributed by atoms with Gasteiger partial charge in [-0.2, -0.15) is 0 Å². The van der Waals surface area contributed by atoms with Gasteiger partial charge in [0, 0.05) is 29.9 Å². The van der Waals surface area contributed by atoms with Crippen molar-refractivity contribution < 1.29 is 14.3 Å². The summed E-state index contributed by atoms with van der Waals surface area (Å²) in [5, 5.41) is 0. The number of likely N-dealkylation sites (tertiary alicyclic amines) is 1. The predicted molar refractivity (Wildman–Crippen MR) is 65.3 cm³/mol. The zero-order valence-electron chi connectivity index (χ0n) is 9.19. The maximum absolute atomic E-state index is 11.7. The highest BCUT2D eigenvalue weighted by molar-refractivity contribution is 9.09. The normalized spacial score (nSPS) is 22.3. The van der Waals surface area contributed by atoms with Gasteiger partial charge in [-0.1, -0.05) is 28.1 Å². The number of amides is 1. The van der Waals surface area contributed by atoms with E-state index >= 15 is 0 Å². The van der Waals surface area contributed by atoms with Gasteiger partial charge in [0.1, 0.15) is 0 Å². The first-order valence-corrected chi connectivity index (χ1v) is 6.45. The van der Waals surface area contributed by atoms with E-state index in [2.05, 4.69) is 15.9 Å². The van der Waals surface area contributed by atoms with Crippen molar-refractivity contribution in [3.63, 3.8) is 0 Å². The van der Waals surface area contributed by atoms with Crippen molar-refractivity contribution >= 4 is 21.8 Å². The molecule has 2 heterocycles. The van der Waals surface area contributed by atoms with E-state index in [1.54, 1.807) is 0 Å². The zero-order chi connectivity index (χ0) is 11.8. The van der Waals surface area contributed by atoms with Gasteiger partial charge in [0.15, 0.2) is 11.5 Å². The monoisotopic (exact) mass is 297 g/mol. The Bertz CT molecular complexity index is 463. The maximum Gasteiger partial charge on any atom is 0.231 e. The molecule has 1 aromatic carbocycles. The molecular weight excluding hydrogens is 286 g/mol. The Labute approximate surface area is 108 Å². The first-order valence-electron chi connectivity index (χ1n) is 5.53. The molecule has 17 heavy (non-hydrogen) atoms. The Kier molecular flexibility index (Phi) is 2.70. The number of carbonyl (C=O) groups excluding carboxylic acids is 1. The van der Waals surface area contributed by atoms with Crippen molar-refractivity contribution in [1.29, 1.82) is 0 Å². The summed E-state index contributed by atoms with van der Waals surface area (Å²) in [6, 6.07) is 5.78. The average molecular weight is 298 g/mol. The number of carbonyl (C=O) groups is 1. The van der Waals surface area contributed by atoms with Crippen LogP contribution in [-0.4, -0.2) is 29.0 Å². The molecule has 1 aromatic rings. The summed E-state index contributed by atoms with van der Waals surface area (Å²) in [4.78, 5) is 13.8. The lowest BCUT2D eigenvalue weighted by molar-refractivity contribution is -0.128. The van der Waals surface area contributed by atoms with Gasteiger partial charge < -0.3 is 14.4 Å². The first-order chi connectivity index (χ1) is 8.24. The SMILES string of the molecule is O=C1CC(Br)CN1Cc1cccc2c1OCO2. The van der Waals surface area contributed by atoms with Crippen LogP contribution >= 0.6 is 15.9 Å². The third-order valence-electron chi connectivity index (χ3n) is 3.01. The summed E-state index contributed by atoms with van der Waals surface area (Å²) in [6.07, 6.45) is 0.576. The van der Waals surface area contributed by atoms with Gasteiger partial charge in [-0.3, -0.25) is 4.79 Å². The van der Waals surface area contributed by atoms with Crippen LogP contribution in [0.5, 0.6) is 11.5 Å². The molecule has 0 radical (unpaired) electrons. The standard InChI is InChI=1S/C12H12BrNO3/c13-9-4-11(15)14(6-9)5-8-2-1-3-10-12(8)17-7-16-10/h1-3,9H,4-7H2. The number of nitrogens with zero attached hydrogens (tertiary/aromatic N) is 1. The number of halogens is 1. The van der Waals surface area contributed by atoms with Crippen LogP contribution in [0.4, 0.5) is 0 Å². The molecule has 1 saturated heterocycles. The van der Waals surface area contributed by atoms with Gasteiger partial charge in [0.25, 0.3) is 0 Å². The Morgan fingerprint density at radius 2 is 2.29 bits per heavy atom. The molecular formula is C12H12BrNO3. The Balaban J connectivity index is 1.82. The quantitative estimate of drug-likeness (QED) is 0.783. The first kappa shape index (κ1) is 10.9. The molecule has 5 heteroatoms. The van der Waals surface area contributed by atoms with E-state index in [9.17, 15) is 4.79 Å². The molecule has 0 aromatic heterocycles. The number of hydrogen-bond donors (Lipinski definition) is 0. The molecule has 0 spiro atoms. The zero-order valence-corrected chi connectivity index (χ0v) is 10.8. The lowest BCUT2D eigenvalue weighted by Gasteiger charge is -2.16. The summed E-state index contributed by atoms with van der Waals surface area (Å²) in [5.41, 5.74) is 1.01. The van der Waals surface area contributed by atoms with E-state index in [1.165, 1.54) is 0 Å². The predicted octanol–water partition coefficient (Wildman–Crippen LogP) is 1.91. The highest BCUT2D eigenvalue weighted by atomic mass is 79.9. The summed E-state index contributed by atoms with van der Waals surface area (Å²) in [6.45, 7) is 1.61. The van der Waals surface area contributed by atoms with Crippen molar-refractivity contribution in [2.45, 2.75) is 17.8 Å². The Morgan fingerprint density at radius 1 is 1.41 bits per heavy atom. The number of para-hydroxylation sites is 1. The fraction of sp³-hybridized carbons (Fsp3) is 0.417. The molecule has 0 aliphatic carbocycles. The van der Waals surface area contributed by atoms with Crippen LogP contribution < -0.4 is 9.47 Å². The van der Waals surface area contributed by atoms with Crippen LogP contribution in [0.15, 0.2) is 18.2 Å². The molecule has 0 bridgehead atoms. The van der Waals surface area contributed by atoms with Gasteiger partial charge in [-0.25, -0.2) is 0 Å². The van der Waals surface area contributed by atoms with Gasteiger partial charge in [0.2, 0.25) is 12.7 Å². The number of rotatable bonds is 2. The number of benzene rings is 1. The van der Waals surface area contributed by atoms with Gasteiger partial charge in [-0.05, 0) is 6.07 Å². The van der Waals surface area contributed by atoms with Gasteiger partial charge >= 0.3 is 0 Å². The summed E-state index contributed by atoms with van der Waals surface area (Å²) in [7, 11) is 0. The van der Waals surface area contributed by atoms with Gasteiger partial charge in [-0.15, -0.1) is 0 Å². The van der Waals surface area contributed by atoms with E-state index in [4.69, 9.17) is 9.47 Å². The number of alkyl halides is 1. The van der Waals surface area contributed by atoms with Crippen LogP contribution in [0.3, 0.4) is 0 Å². The highest BCUT2D eigenvalue weighted by Crippen LogP contribution is 2.36. The molecule has 3 rings (SSSR count). The minimum atomic E-state index is 0.184. The molecule has 90 valence electrons. The van der Waals surface area contributed by atoms with Gasteiger partial charge in [0.05, 0.1) is 0 Å². The second kappa shape index (κ2) is 4.22. The van der Waals surface area contributed by atoms with Crippen LogP contribution in [-0.2, 0) is 11.3 Å².